The predicted octanol–water partition coefficient (Wildman–Crippen LogP) is 5.34. The van der Waals surface area contributed by atoms with Gasteiger partial charge in [0, 0.05) is 48.7 Å². The van der Waals surface area contributed by atoms with Gasteiger partial charge in [-0.3, -0.25) is 19.3 Å². The highest BCUT2D eigenvalue weighted by molar-refractivity contribution is 5.95. The first-order valence-corrected chi connectivity index (χ1v) is 22.5. The summed E-state index contributed by atoms with van der Waals surface area (Å²) in [7, 11) is 0. The molecule has 0 spiro atoms. The smallest absolute Gasteiger partial charge is 0.347 e. The number of rotatable bonds is 18. The molecule has 2 aliphatic rings. The van der Waals surface area contributed by atoms with Gasteiger partial charge in [-0.2, -0.15) is 0 Å². The van der Waals surface area contributed by atoms with Gasteiger partial charge in [0.25, 0.3) is 11.8 Å². The molecule has 1 aliphatic carbocycles. The number of H-pyrrole nitrogens is 1. The van der Waals surface area contributed by atoms with Crippen molar-refractivity contribution >= 4 is 28.7 Å². The van der Waals surface area contributed by atoms with Crippen molar-refractivity contribution in [2.45, 2.75) is 62.6 Å². The molecule has 6 aromatic rings. The first-order valence-electron chi connectivity index (χ1n) is 22.5. The van der Waals surface area contributed by atoms with Crippen molar-refractivity contribution in [3.8, 4) is 11.5 Å². The number of aromatic hydroxyl groups is 1. The van der Waals surface area contributed by atoms with E-state index in [9.17, 15) is 34.5 Å². The Kier molecular flexibility index (Phi) is 14.7. The lowest BCUT2D eigenvalue weighted by Crippen LogP contribution is -2.54. The second kappa shape index (κ2) is 21.2. The number of halogens is 1. The number of hydrogen-bond donors (Lipinski definition) is 7. The fourth-order valence-electron chi connectivity index (χ4n) is 8.74. The fraction of sp³-hybridized carbons (Fsp3) is 0.308. The Morgan fingerprint density at radius 1 is 0.821 bits per heavy atom. The van der Waals surface area contributed by atoms with Crippen molar-refractivity contribution < 1.29 is 43.6 Å². The van der Waals surface area contributed by atoms with E-state index in [2.05, 4.69) is 38.0 Å². The third-order valence-electron chi connectivity index (χ3n) is 12.6. The molecule has 8 rings (SSSR count). The Morgan fingerprint density at radius 3 is 2.28 bits per heavy atom. The van der Waals surface area contributed by atoms with Crippen LogP contribution in [0.4, 0.5) is 4.39 Å². The summed E-state index contributed by atoms with van der Waals surface area (Å²) in [6.07, 6.45) is 1.61. The van der Waals surface area contributed by atoms with Gasteiger partial charge in [-0.25, -0.2) is 9.18 Å². The van der Waals surface area contributed by atoms with Gasteiger partial charge >= 0.3 is 5.97 Å². The van der Waals surface area contributed by atoms with Gasteiger partial charge < -0.3 is 45.7 Å². The van der Waals surface area contributed by atoms with Crippen LogP contribution >= 0.6 is 0 Å². The molecule has 2 amide bonds. The summed E-state index contributed by atoms with van der Waals surface area (Å²) >= 11 is 0. The van der Waals surface area contributed by atoms with Gasteiger partial charge in [-0.1, -0.05) is 84.9 Å². The molecular weight excluding hydrogens is 858 g/mol. The molecule has 2 heterocycles. The van der Waals surface area contributed by atoms with E-state index in [0.717, 1.165) is 32.5 Å². The molecule has 1 saturated carbocycles. The summed E-state index contributed by atoms with van der Waals surface area (Å²) in [5, 5.41) is 42.3. The highest BCUT2D eigenvalue weighted by Gasteiger charge is 2.42. The molecule has 7 N–H and O–H groups in total. The number of aromatic nitrogens is 1. The minimum Gasteiger partial charge on any atom is -0.506 e. The lowest BCUT2D eigenvalue weighted by molar-refractivity contribution is -0.164. The third-order valence-corrected chi connectivity index (χ3v) is 12.6. The van der Waals surface area contributed by atoms with E-state index in [4.69, 9.17) is 9.47 Å². The van der Waals surface area contributed by atoms with E-state index < -0.39 is 35.3 Å². The molecule has 2 fully saturated rings. The minimum absolute atomic E-state index is 0.0927. The Bertz CT molecular complexity index is 2740. The number of phenolic OH excluding ortho intramolecular Hbond substituents is 1. The maximum Gasteiger partial charge on any atom is 0.347 e. The van der Waals surface area contributed by atoms with Crippen LogP contribution < -0.4 is 26.2 Å². The Morgan fingerprint density at radius 2 is 1.54 bits per heavy atom. The number of carbonyl (C=O) groups excluding carboxylic acids is 3. The Hall–Kier alpha value is -6.91. The van der Waals surface area contributed by atoms with Crippen molar-refractivity contribution in [3.63, 3.8) is 0 Å². The highest BCUT2D eigenvalue weighted by Crippen LogP contribution is 2.34. The zero-order valence-electron chi connectivity index (χ0n) is 36.8. The number of ether oxygens (including phenoxy) is 2. The molecule has 67 heavy (non-hydrogen) atoms. The highest BCUT2D eigenvalue weighted by atomic mass is 19.1. The van der Waals surface area contributed by atoms with Crippen molar-refractivity contribution in [1.29, 1.82) is 0 Å². The molecule has 0 bridgehead atoms. The van der Waals surface area contributed by atoms with Crippen LogP contribution in [0.25, 0.3) is 10.9 Å². The van der Waals surface area contributed by atoms with Crippen LogP contribution in [-0.4, -0.2) is 87.9 Å². The Balaban J connectivity index is 0.774. The fourth-order valence-corrected chi connectivity index (χ4v) is 8.74. The number of benzene rings is 5. The van der Waals surface area contributed by atoms with Crippen LogP contribution in [0.3, 0.4) is 0 Å². The van der Waals surface area contributed by atoms with Gasteiger partial charge in [0.05, 0.1) is 23.8 Å². The van der Waals surface area contributed by atoms with Crippen LogP contribution in [0.1, 0.15) is 70.0 Å². The second-order valence-corrected chi connectivity index (χ2v) is 17.3. The summed E-state index contributed by atoms with van der Waals surface area (Å²) in [4.78, 5) is 56.4. The quantitative estimate of drug-likeness (QED) is 0.0549. The summed E-state index contributed by atoms with van der Waals surface area (Å²) in [6, 6.07) is 34.8. The molecule has 1 saturated heterocycles. The number of aliphatic hydroxyl groups excluding tert-OH is 1. The number of phenols is 1. The number of likely N-dealkylation sites (tertiary alicyclic amines) is 1. The minimum atomic E-state index is -2.13. The van der Waals surface area contributed by atoms with Crippen LogP contribution in [-0.2, 0) is 33.0 Å². The topological polar surface area (TPSA) is 203 Å². The number of aromatic amines is 1. The van der Waals surface area contributed by atoms with E-state index in [1.165, 1.54) is 42.0 Å². The molecule has 2 atom stereocenters. The molecular formula is C52H54FN5O9. The SMILES string of the molecule is O=C(COc1cccc(C(O)(C(=O)OCC2CCN(Cc3ccccc3)CC2)c2ccccc2)c1)NC1CC(NC(=O)c2ccc(CNCC(O)c3ccc(O)c4[nH]c(=O)ccc34)cc2F)C1. The predicted molar refractivity (Wildman–Crippen MR) is 248 cm³/mol. The van der Waals surface area contributed by atoms with E-state index in [1.807, 2.05) is 18.2 Å². The number of aliphatic hydroxyl groups is 2. The average molecular weight is 912 g/mol. The van der Waals surface area contributed by atoms with E-state index in [1.54, 1.807) is 60.7 Å². The molecule has 2 unspecified atom stereocenters. The molecule has 14 nitrogen and oxygen atoms in total. The van der Waals surface area contributed by atoms with E-state index in [0.29, 0.717) is 34.9 Å². The van der Waals surface area contributed by atoms with Crippen LogP contribution in [0.15, 0.2) is 132 Å². The first-order chi connectivity index (χ1) is 32.4. The standard InChI is InChI=1S/C52H54FN5O9/c53-44-24-35(28-54-29-46(60)41-16-18-45(59)49-42(41)17-19-47(61)57-49)14-15-43(44)50(63)56-39-26-38(27-39)55-48(62)32-66-40-13-7-12-37(25-40)52(65,36-10-5-2-6-11-36)51(64)67-31-34-20-22-58(23-21-34)30-33-8-3-1-4-9-33/h1-19,24-25,34,38-39,46,54,59-60,65H,20-23,26-32H2,(H,55,62)(H,56,63)(H,57,61). The van der Waals surface area contributed by atoms with Crippen LogP contribution in [0.5, 0.6) is 11.5 Å². The van der Waals surface area contributed by atoms with Gasteiger partial charge in [0.1, 0.15) is 17.3 Å². The molecule has 1 aromatic heterocycles. The molecule has 0 radical (unpaired) electrons. The maximum absolute atomic E-state index is 15.1. The van der Waals surface area contributed by atoms with Gasteiger partial charge in [-0.05, 0) is 103 Å². The monoisotopic (exact) mass is 911 g/mol. The number of nitrogens with one attached hydrogen (secondary N) is 4. The molecule has 348 valence electrons. The van der Waals surface area contributed by atoms with Crippen molar-refractivity contribution in [2.24, 2.45) is 5.92 Å². The van der Waals surface area contributed by atoms with Crippen LogP contribution in [0.2, 0.25) is 0 Å². The summed E-state index contributed by atoms with van der Waals surface area (Å²) < 4.78 is 26.8. The number of fused-ring (bicyclic) bond motifs is 1. The number of nitrogens with zero attached hydrogens (tertiary/aromatic N) is 1. The lowest BCUT2D eigenvalue weighted by atomic mass is 9.86. The average Bonchev–Trinajstić information content (AvgIpc) is 3.33. The largest absolute Gasteiger partial charge is 0.506 e. The van der Waals surface area contributed by atoms with Crippen molar-refractivity contribution in [3.05, 3.63) is 177 Å². The number of piperidine rings is 1. The first kappa shape index (κ1) is 46.6. The zero-order chi connectivity index (χ0) is 46.9. The maximum atomic E-state index is 15.1. The molecule has 1 aliphatic heterocycles. The second-order valence-electron chi connectivity index (χ2n) is 17.3. The van der Waals surface area contributed by atoms with Crippen molar-refractivity contribution in [1.82, 2.24) is 25.8 Å². The zero-order valence-corrected chi connectivity index (χ0v) is 36.8. The Labute approximate surface area is 386 Å². The van der Waals surface area contributed by atoms with Crippen LogP contribution in [0, 0.1) is 11.7 Å². The third kappa shape index (κ3) is 11.4. The number of amides is 2. The normalized spacial score (nSPS) is 17.7. The summed E-state index contributed by atoms with van der Waals surface area (Å²) in [5.74, 6) is -2.17. The van der Waals surface area contributed by atoms with E-state index in [-0.39, 0.29) is 78.0 Å². The lowest BCUT2D eigenvalue weighted by Gasteiger charge is -2.36. The van der Waals surface area contributed by atoms with E-state index >= 15 is 4.39 Å². The van der Waals surface area contributed by atoms with Gasteiger partial charge in [-0.15, -0.1) is 0 Å². The van der Waals surface area contributed by atoms with Gasteiger partial charge in [0.15, 0.2) is 6.61 Å². The number of esters is 1. The summed E-state index contributed by atoms with van der Waals surface area (Å²) in [5.41, 5.74) is 0.453. The number of carbonyl (C=O) groups is 3. The number of pyridine rings is 1. The van der Waals surface area contributed by atoms with Crippen molar-refractivity contribution in [2.75, 3.05) is 32.8 Å². The van der Waals surface area contributed by atoms with Gasteiger partial charge in [0.2, 0.25) is 11.2 Å². The molecule has 5 aromatic carbocycles. The summed E-state index contributed by atoms with van der Waals surface area (Å²) in [6.45, 7) is 2.77. The molecule has 15 heteroatoms. The number of hydrogen-bond acceptors (Lipinski definition) is 11.